The molecule has 4 rings (SSSR count). The van der Waals surface area contributed by atoms with E-state index >= 15 is 0 Å². The summed E-state index contributed by atoms with van der Waals surface area (Å²) in [5, 5.41) is 4.48. The minimum absolute atomic E-state index is 0.0308. The largest absolute Gasteiger partial charge is 0.454 e. The van der Waals surface area contributed by atoms with E-state index in [0.717, 1.165) is 20.8 Å². The van der Waals surface area contributed by atoms with Crippen LogP contribution in [0.2, 0.25) is 5.15 Å². The molecule has 2 aromatic heterocycles. The van der Waals surface area contributed by atoms with Crippen LogP contribution in [0.15, 0.2) is 46.0 Å². The number of carbonyl (C=O) groups excluding carboxylic acids is 2. The molecule has 1 fully saturated rings. The van der Waals surface area contributed by atoms with E-state index in [1.165, 1.54) is 17.8 Å². The van der Waals surface area contributed by atoms with Gasteiger partial charge in [-0.1, -0.05) is 41.9 Å². The monoisotopic (exact) mass is 575 g/mol. The summed E-state index contributed by atoms with van der Waals surface area (Å²) in [6.07, 6.45) is 2.78. The molecule has 1 aliphatic heterocycles. The minimum Gasteiger partial charge on any atom is -0.454 e. The van der Waals surface area contributed by atoms with Gasteiger partial charge in [-0.25, -0.2) is 22.7 Å². The van der Waals surface area contributed by atoms with Gasteiger partial charge in [0.05, 0.1) is 29.8 Å². The van der Waals surface area contributed by atoms with E-state index in [1.54, 1.807) is 37.3 Å². The average Bonchev–Trinajstić information content (AvgIpc) is 3.40. The molecule has 0 radical (unpaired) electrons. The maximum Gasteiger partial charge on any atom is 0.332 e. The lowest BCUT2D eigenvalue weighted by Gasteiger charge is -2.14. The van der Waals surface area contributed by atoms with Crippen LogP contribution in [0.5, 0.6) is 0 Å². The molecule has 2 N–H and O–H groups in total. The van der Waals surface area contributed by atoms with Crippen LogP contribution in [0, 0.1) is 6.92 Å². The maximum atomic E-state index is 12.9. The van der Waals surface area contributed by atoms with Crippen LogP contribution in [-0.2, 0) is 33.0 Å². The van der Waals surface area contributed by atoms with Crippen LogP contribution in [-0.4, -0.2) is 57.2 Å². The van der Waals surface area contributed by atoms with Crippen molar-refractivity contribution in [3.8, 4) is 0 Å². The predicted octanol–water partition coefficient (Wildman–Crippen LogP) is 1.13. The highest BCUT2D eigenvalue weighted by molar-refractivity contribution is 7.91. The number of esters is 1. The minimum atomic E-state index is -3.15. The number of halogens is 1. The van der Waals surface area contributed by atoms with Gasteiger partial charge < -0.3 is 10.5 Å². The number of Topliss-reactive ketones (excluding diaryl/α,β-unsaturated/α-hetero) is 1. The summed E-state index contributed by atoms with van der Waals surface area (Å²) in [7, 11) is -1.93. The van der Waals surface area contributed by atoms with E-state index in [0.29, 0.717) is 17.7 Å². The fourth-order valence-electron chi connectivity index (χ4n) is 4.30. The summed E-state index contributed by atoms with van der Waals surface area (Å²) >= 11 is 6.40. The number of carbonyl (C=O) groups is 2. The normalized spacial score (nSPS) is 16.5. The van der Waals surface area contributed by atoms with Gasteiger partial charge in [0.25, 0.3) is 5.56 Å². The van der Waals surface area contributed by atoms with Crippen molar-refractivity contribution in [2.24, 2.45) is 7.05 Å². The van der Waals surface area contributed by atoms with Crippen LogP contribution in [0.25, 0.3) is 6.08 Å². The van der Waals surface area contributed by atoms with Crippen LogP contribution in [0.3, 0.4) is 0 Å². The first-order chi connectivity index (χ1) is 18.4. The second-order valence-electron chi connectivity index (χ2n) is 9.13. The first kappa shape index (κ1) is 28.0. The van der Waals surface area contributed by atoms with E-state index in [4.69, 9.17) is 22.1 Å². The van der Waals surface area contributed by atoms with Crippen molar-refractivity contribution < 1.29 is 22.7 Å². The average molecular weight is 576 g/mol. The molecule has 39 heavy (non-hydrogen) atoms. The number of ether oxygens (including phenoxy) is 1. The highest BCUT2D eigenvalue weighted by atomic mass is 35.5. The van der Waals surface area contributed by atoms with Gasteiger partial charge in [0.1, 0.15) is 16.5 Å². The fourth-order valence-corrected chi connectivity index (χ4v) is 6.37. The lowest BCUT2D eigenvalue weighted by Crippen LogP contribution is -2.43. The van der Waals surface area contributed by atoms with Crippen molar-refractivity contribution in [1.82, 2.24) is 18.9 Å². The third kappa shape index (κ3) is 5.88. The number of rotatable bonds is 8. The van der Waals surface area contributed by atoms with Crippen molar-refractivity contribution >= 4 is 45.1 Å². The number of hydrogen-bond donors (Lipinski definition) is 1. The van der Waals surface area contributed by atoms with Gasteiger partial charge >= 0.3 is 11.7 Å². The molecular weight excluding hydrogens is 550 g/mol. The van der Waals surface area contributed by atoms with Gasteiger partial charge in [0, 0.05) is 18.7 Å². The number of nitrogen functional groups attached to an aromatic ring is 1. The number of nitrogens with two attached hydrogens (primary N) is 1. The Bertz CT molecular complexity index is 1700. The van der Waals surface area contributed by atoms with Crippen LogP contribution < -0.4 is 17.0 Å². The predicted molar refractivity (Wildman–Crippen MR) is 145 cm³/mol. The molecular formula is C25H26ClN5O7S. The second-order valence-corrected chi connectivity index (χ2v) is 11.7. The van der Waals surface area contributed by atoms with E-state index < -0.39 is 51.1 Å². The molecule has 0 bridgehead atoms. The van der Waals surface area contributed by atoms with Crippen molar-refractivity contribution in [1.29, 1.82) is 0 Å². The summed E-state index contributed by atoms with van der Waals surface area (Å²) in [5.41, 5.74) is 5.60. The van der Waals surface area contributed by atoms with E-state index in [9.17, 15) is 27.6 Å². The fraction of sp³-hybridized carbons (Fsp3) is 0.320. The Kier molecular flexibility index (Phi) is 7.93. The number of ketones is 1. The highest BCUT2D eigenvalue weighted by Gasteiger charge is 2.32. The Balaban J connectivity index is 1.48. The molecule has 0 aliphatic carbocycles. The zero-order chi connectivity index (χ0) is 28.5. The lowest BCUT2D eigenvalue weighted by atomic mass is 10.2. The van der Waals surface area contributed by atoms with Gasteiger partial charge in [-0.15, -0.1) is 0 Å². The highest BCUT2D eigenvalue weighted by Crippen LogP contribution is 2.30. The molecule has 0 spiro atoms. The van der Waals surface area contributed by atoms with E-state index in [2.05, 4.69) is 5.10 Å². The Labute approximate surface area is 228 Å². The number of aryl methyl sites for hydroxylation is 1. The topological polar surface area (TPSA) is 165 Å². The molecule has 3 aromatic rings. The zero-order valence-electron chi connectivity index (χ0n) is 21.2. The molecule has 1 aliphatic rings. The molecule has 1 saturated heterocycles. The molecule has 3 heterocycles. The molecule has 14 heteroatoms. The van der Waals surface area contributed by atoms with Crippen molar-refractivity contribution in [3.05, 3.63) is 84.8 Å². The molecule has 12 nitrogen and oxygen atoms in total. The molecule has 206 valence electrons. The second kappa shape index (κ2) is 11.0. The standard InChI is InChI=1S/C25H26ClN5O7S/c1-15-18(22(26)31(28-15)17-10-11-39(36,37)14-17)8-9-20(33)38-13-19(32)21-23(27)30(25(35)29(2)24(21)34)12-16-6-4-3-5-7-16/h3-9,17H,10-14,27H2,1-2H3. The van der Waals surface area contributed by atoms with Crippen molar-refractivity contribution in [2.45, 2.75) is 25.9 Å². The summed E-state index contributed by atoms with van der Waals surface area (Å²) in [6, 6.07) is 8.48. The third-order valence-electron chi connectivity index (χ3n) is 6.40. The summed E-state index contributed by atoms with van der Waals surface area (Å²) < 4.78 is 31.9. The number of aromatic nitrogens is 4. The molecule has 0 saturated carbocycles. The van der Waals surface area contributed by atoms with Gasteiger partial charge in [-0.05, 0) is 25.0 Å². The van der Waals surface area contributed by atoms with Crippen LogP contribution in [0.4, 0.5) is 5.82 Å². The molecule has 0 amide bonds. The third-order valence-corrected chi connectivity index (χ3v) is 8.53. The maximum absolute atomic E-state index is 12.9. The first-order valence-corrected chi connectivity index (χ1v) is 14.1. The van der Waals surface area contributed by atoms with Gasteiger partial charge in [-0.3, -0.25) is 18.7 Å². The van der Waals surface area contributed by atoms with Gasteiger partial charge in [0.2, 0.25) is 5.78 Å². The summed E-state index contributed by atoms with van der Waals surface area (Å²) in [6.45, 7) is 0.893. The van der Waals surface area contributed by atoms with Gasteiger partial charge in [0.15, 0.2) is 16.4 Å². The van der Waals surface area contributed by atoms with Crippen molar-refractivity contribution in [2.75, 3.05) is 23.8 Å². The van der Waals surface area contributed by atoms with Crippen LogP contribution >= 0.6 is 11.6 Å². The zero-order valence-corrected chi connectivity index (χ0v) is 22.7. The summed E-state index contributed by atoms with van der Waals surface area (Å²) in [4.78, 5) is 50.5. The Hall–Kier alpha value is -3.97. The number of benzene rings is 1. The smallest absolute Gasteiger partial charge is 0.332 e. The van der Waals surface area contributed by atoms with Gasteiger partial charge in [-0.2, -0.15) is 5.10 Å². The van der Waals surface area contributed by atoms with Crippen molar-refractivity contribution in [3.63, 3.8) is 0 Å². The molecule has 1 unspecified atom stereocenters. The van der Waals surface area contributed by atoms with E-state index in [1.807, 2.05) is 0 Å². The van der Waals surface area contributed by atoms with E-state index in [-0.39, 0.29) is 29.0 Å². The number of nitrogens with zero attached hydrogens (tertiary/aromatic N) is 4. The number of hydrogen-bond acceptors (Lipinski definition) is 9. The number of sulfone groups is 1. The molecule has 1 aromatic carbocycles. The van der Waals surface area contributed by atoms with Crippen LogP contribution in [0.1, 0.15) is 39.6 Å². The molecule has 1 atom stereocenters. The summed E-state index contributed by atoms with van der Waals surface area (Å²) in [5.74, 6) is -2.12. The SMILES string of the molecule is Cc1nn(C2CCS(=O)(=O)C2)c(Cl)c1C=CC(=O)OCC(=O)c1c(N)n(Cc2ccccc2)c(=O)n(C)c1=O. The Morgan fingerprint density at radius 2 is 1.92 bits per heavy atom. The Morgan fingerprint density at radius 3 is 2.56 bits per heavy atom. The quantitative estimate of drug-likeness (QED) is 0.235. The Morgan fingerprint density at radius 1 is 1.23 bits per heavy atom. The lowest BCUT2D eigenvalue weighted by molar-refractivity contribution is -0.136. The number of anilines is 1. The first-order valence-electron chi connectivity index (χ1n) is 11.9.